The number of nitrogens with zero attached hydrogens (tertiary/aromatic N) is 4. The molecule has 0 spiro atoms. The quantitative estimate of drug-likeness (QED) is 0.258. The highest BCUT2D eigenvalue weighted by Crippen LogP contribution is 2.24. The second-order valence-electron chi connectivity index (χ2n) is 8.68. The first-order valence-electron chi connectivity index (χ1n) is 12.2. The zero-order valence-electron chi connectivity index (χ0n) is 21.2. The smallest absolute Gasteiger partial charge is 0.310 e. The fraction of sp³-hybridized carbons (Fsp3) is 0.538. The molecule has 0 unspecified atom stereocenters. The third kappa shape index (κ3) is 7.67. The summed E-state index contributed by atoms with van der Waals surface area (Å²) < 4.78 is 10.4. The summed E-state index contributed by atoms with van der Waals surface area (Å²) in [6, 6.07) is 9.62. The summed E-state index contributed by atoms with van der Waals surface area (Å²) >= 11 is 1.56. The maximum Gasteiger partial charge on any atom is 0.310 e. The van der Waals surface area contributed by atoms with Gasteiger partial charge in [-0.05, 0) is 43.9 Å². The van der Waals surface area contributed by atoms with E-state index in [1.807, 2.05) is 37.4 Å². The van der Waals surface area contributed by atoms with Crippen molar-refractivity contribution in [2.45, 2.75) is 50.6 Å². The normalized spacial score (nSPS) is 15.7. The van der Waals surface area contributed by atoms with Crippen molar-refractivity contribution in [3.63, 3.8) is 0 Å². The molecule has 2 heterocycles. The Morgan fingerprint density at radius 2 is 1.97 bits per heavy atom. The molecule has 1 fully saturated rings. The zero-order chi connectivity index (χ0) is 25.2. The number of hydrogen-bond donors (Lipinski definition) is 0. The first kappa shape index (κ1) is 26.9. The number of carbonyl (C=O) groups excluding carboxylic acids is 2. The third-order valence-electron chi connectivity index (χ3n) is 5.88. The molecule has 2 aromatic rings. The van der Waals surface area contributed by atoms with Crippen LogP contribution >= 0.6 is 11.8 Å². The molecular weight excluding hydrogens is 464 g/mol. The summed E-state index contributed by atoms with van der Waals surface area (Å²) in [5, 5.41) is 0.705. The Morgan fingerprint density at radius 1 is 1.20 bits per heavy atom. The van der Waals surface area contributed by atoms with Crippen LogP contribution in [0.4, 0.5) is 5.82 Å². The van der Waals surface area contributed by atoms with E-state index in [1.54, 1.807) is 30.7 Å². The molecule has 35 heavy (non-hydrogen) atoms. The molecule has 190 valence electrons. The van der Waals surface area contributed by atoms with Gasteiger partial charge in [-0.25, -0.2) is 9.97 Å². The van der Waals surface area contributed by atoms with Crippen LogP contribution in [0.15, 0.2) is 35.5 Å². The summed E-state index contributed by atoms with van der Waals surface area (Å²) in [4.78, 5) is 38.3. The number of rotatable bonds is 11. The van der Waals surface area contributed by atoms with Crippen molar-refractivity contribution in [3.05, 3.63) is 47.2 Å². The van der Waals surface area contributed by atoms with Crippen LogP contribution in [-0.4, -0.2) is 67.1 Å². The highest BCUT2D eigenvalue weighted by atomic mass is 32.2. The molecule has 3 rings (SSSR count). The van der Waals surface area contributed by atoms with E-state index in [-0.39, 0.29) is 17.8 Å². The van der Waals surface area contributed by atoms with Gasteiger partial charge in [0, 0.05) is 51.2 Å². The van der Waals surface area contributed by atoms with Crippen LogP contribution in [0.2, 0.25) is 0 Å². The Hall–Kier alpha value is -2.65. The number of likely N-dealkylation sites (tertiary alicyclic amines) is 1. The van der Waals surface area contributed by atoms with E-state index in [4.69, 9.17) is 14.5 Å². The maximum atomic E-state index is 13.0. The molecule has 0 radical (unpaired) electrons. The second-order valence-corrected chi connectivity index (χ2v) is 9.63. The van der Waals surface area contributed by atoms with Gasteiger partial charge in [-0.1, -0.05) is 30.8 Å². The molecule has 0 aliphatic carbocycles. The van der Waals surface area contributed by atoms with Gasteiger partial charge >= 0.3 is 5.97 Å². The molecule has 1 amide bonds. The lowest BCUT2D eigenvalue weighted by molar-refractivity contribution is -0.149. The first-order valence-corrected chi connectivity index (χ1v) is 13.2. The largest absolute Gasteiger partial charge is 0.466 e. The van der Waals surface area contributed by atoms with E-state index in [0.29, 0.717) is 42.8 Å². The van der Waals surface area contributed by atoms with Crippen LogP contribution in [0, 0.1) is 5.92 Å². The molecule has 1 aliphatic rings. The summed E-state index contributed by atoms with van der Waals surface area (Å²) in [6.07, 6.45) is 2.61. The van der Waals surface area contributed by atoms with Gasteiger partial charge in [0.1, 0.15) is 5.82 Å². The molecule has 1 atom stereocenters. The number of amides is 1. The lowest BCUT2D eigenvalue weighted by Gasteiger charge is -2.31. The fourth-order valence-corrected chi connectivity index (χ4v) is 4.91. The van der Waals surface area contributed by atoms with Gasteiger partial charge in [0.25, 0.3) is 5.91 Å². The van der Waals surface area contributed by atoms with E-state index in [0.717, 1.165) is 42.9 Å². The van der Waals surface area contributed by atoms with E-state index in [2.05, 4.69) is 16.8 Å². The van der Waals surface area contributed by atoms with E-state index < -0.39 is 0 Å². The minimum Gasteiger partial charge on any atom is -0.466 e. The van der Waals surface area contributed by atoms with E-state index in [1.165, 1.54) is 0 Å². The number of anilines is 1. The highest BCUT2D eigenvalue weighted by Gasteiger charge is 2.29. The summed E-state index contributed by atoms with van der Waals surface area (Å²) in [5.74, 6) is 1.09. The number of carbonyl (C=O) groups is 2. The predicted molar refractivity (Wildman–Crippen MR) is 138 cm³/mol. The number of ether oxygens (including phenoxy) is 2. The molecule has 1 saturated heterocycles. The Balaban J connectivity index is 1.62. The number of aromatic nitrogens is 2. The topological polar surface area (TPSA) is 84.9 Å². The van der Waals surface area contributed by atoms with E-state index >= 15 is 0 Å². The maximum absolute atomic E-state index is 13.0. The van der Waals surface area contributed by atoms with Crippen molar-refractivity contribution >= 4 is 29.5 Å². The average Bonchev–Trinajstić information content (AvgIpc) is 2.88. The Bertz CT molecular complexity index is 986. The Kier molecular flexibility index (Phi) is 10.3. The molecule has 1 aromatic carbocycles. The molecule has 8 nitrogen and oxygen atoms in total. The number of thioether (sulfide) groups is 1. The van der Waals surface area contributed by atoms with Gasteiger partial charge in [-0.3, -0.25) is 9.59 Å². The third-order valence-corrected chi connectivity index (χ3v) is 6.80. The van der Waals surface area contributed by atoms with Crippen LogP contribution < -0.4 is 4.90 Å². The number of piperidine rings is 1. The predicted octanol–water partition coefficient (Wildman–Crippen LogP) is 4.18. The van der Waals surface area contributed by atoms with Gasteiger partial charge in [0.2, 0.25) is 0 Å². The standard InChI is InChI=1S/C26H36N4O4S/c1-5-13-29(3)23-15-22(17-33-4)27-26(28-23)35-18-19-9-11-20(12-10-19)24(31)30-14-7-8-21(16-30)25(32)34-6-2/h9-12,15,21H,5-8,13-14,16-18H2,1-4H3/t21-/m1/s1. The van der Waals surface area contributed by atoms with Crippen molar-refractivity contribution in [2.24, 2.45) is 5.92 Å². The molecule has 1 aromatic heterocycles. The van der Waals surface area contributed by atoms with Crippen molar-refractivity contribution < 1.29 is 19.1 Å². The number of esters is 1. The second kappa shape index (κ2) is 13.4. The first-order chi connectivity index (χ1) is 16.9. The van der Waals surface area contributed by atoms with E-state index in [9.17, 15) is 9.59 Å². The lowest BCUT2D eigenvalue weighted by Crippen LogP contribution is -2.42. The average molecular weight is 501 g/mol. The Morgan fingerprint density at radius 3 is 2.66 bits per heavy atom. The summed E-state index contributed by atoms with van der Waals surface area (Å²) in [7, 11) is 3.69. The van der Waals surface area contributed by atoms with Crippen molar-refractivity contribution in [2.75, 3.05) is 45.3 Å². The summed E-state index contributed by atoms with van der Waals surface area (Å²) in [5.41, 5.74) is 2.57. The zero-order valence-corrected chi connectivity index (χ0v) is 22.0. The minimum atomic E-state index is -0.238. The van der Waals surface area contributed by atoms with Gasteiger partial charge in [-0.2, -0.15) is 0 Å². The minimum absolute atomic E-state index is 0.0441. The van der Waals surface area contributed by atoms with Gasteiger partial charge in [0.15, 0.2) is 5.16 Å². The van der Waals surface area contributed by atoms with Crippen LogP contribution in [0.25, 0.3) is 0 Å². The summed E-state index contributed by atoms with van der Waals surface area (Å²) in [6.45, 7) is 6.74. The SMILES string of the molecule is CCCN(C)c1cc(COC)nc(SCc2ccc(C(=O)N3CCC[C@@H](C(=O)OCC)C3)cc2)n1. The fourth-order valence-electron chi connectivity index (χ4n) is 4.08. The van der Waals surface area contributed by atoms with Crippen molar-refractivity contribution in [3.8, 4) is 0 Å². The van der Waals surface area contributed by atoms with Crippen LogP contribution in [0.5, 0.6) is 0 Å². The number of hydrogen-bond acceptors (Lipinski definition) is 8. The van der Waals surface area contributed by atoms with Gasteiger partial charge in [-0.15, -0.1) is 0 Å². The highest BCUT2D eigenvalue weighted by molar-refractivity contribution is 7.98. The molecular formula is C26H36N4O4S. The van der Waals surface area contributed by atoms with Gasteiger partial charge < -0.3 is 19.3 Å². The van der Waals surface area contributed by atoms with Crippen molar-refractivity contribution in [1.29, 1.82) is 0 Å². The molecule has 1 aliphatic heterocycles. The molecule has 0 N–H and O–H groups in total. The van der Waals surface area contributed by atoms with Gasteiger partial charge in [0.05, 0.1) is 24.8 Å². The van der Waals surface area contributed by atoms with Crippen molar-refractivity contribution in [1.82, 2.24) is 14.9 Å². The van der Waals surface area contributed by atoms with Crippen LogP contribution in [-0.2, 0) is 26.6 Å². The Labute approximate surface area is 212 Å². The monoisotopic (exact) mass is 500 g/mol. The number of benzene rings is 1. The molecule has 0 bridgehead atoms. The number of methoxy groups -OCH3 is 1. The molecule has 9 heteroatoms. The van der Waals surface area contributed by atoms with Crippen LogP contribution in [0.3, 0.4) is 0 Å². The lowest BCUT2D eigenvalue weighted by atomic mass is 9.97. The van der Waals surface area contributed by atoms with Crippen LogP contribution in [0.1, 0.15) is 54.7 Å². The molecule has 0 saturated carbocycles.